The summed E-state index contributed by atoms with van der Waals surface area (Å²) in [5.41, 5.74) is 7.98. The summed E-state index contributed by atoms with van der Waals surface area (Å²) in [6, 6.07) is 23.3. The second kappa shape index (κ2) is 12.2. The van der Waals surface area contributed by atoms with Crippen LogP contribution in [-0.4, -0.2) is 22.8 Å². The molecule has 3 aromatic rings. The number of benzene rings is 3. The van der Waals surface area contributed by atoms with Crippen molar-refractivity contribution in [2.45, 2.75) is 38.1 Å². The molecule has 7 heteroatoms. The Morgan fingerprint density at radius 2 is 1.56 bits per heavy atom. The number of para-hydroxylation sites is 1. The second-order valence-corrected chi connectivity index (χ2v) is 8.02. The van der Waals surface area contributed by atoms with Crippen LogP contribution in [0, 0.1) is 5.41 Å². The molecule has 34 heavy (non-hydrogen) atoms. The molecule has 5 N–H and O–H groups in total. The minimum Gasteiger partial charge on any atom is -0.481 e. The number of hydrogen-bond acceptors (Lipinski definition) is 4. The van der Waals surface area contributed by atoms with E-state index in [1.165, 1.54) is 0 Å². The molecule has 0 aliphatic heterocycles. The highest BCUT2D eigenvalue weighted by Crippen LogP contribution is 2.24. The van der Waals surface area contributed by atoms with Crippen LogP contribution in [-0.2, 0) is 16.0 Å². The molecule has 0 aliphatic carbocycles. The average molecular weight is 460 g/mol. The first-order chi connectivity index (χ1) is 16.4. The summed E-state index contributed by atoms with van der Waals surface area (Å²) in [6.07, 6.45) is 2.43. The van der Waals surface area contributed by atoms with Crippen LogP contribution in [0.25, 0.3) is 0 Å². The maximum Gasteiger partial charge on any atom is 0.305 e. The Kier molecular flexibility index (Phi) is 8.80. The molecular weight excluding hydrogens is 430 g/mol. The largest absolute Gasteiger partial charge is 0.481 e. The molecule has 7 nitrogen and oxygen atoms in total. The zero-order chi connectivity index (χ0) is 24.3. The van der Waals surface area contributed by atoms with Crippen molar-refractivity contribution in [3.05, 3.63) is 95.6 Å². The van der Waals surface area contributed by atoms with Gasteiger partial charge < -0.3 is 20.9 Å². The molecule has 0 aromatic heterocycles. The number of nitrogens with two attached hydrogens (primary N) is 1. The number of carbonyl (C=O) groups is 2. The topological polar surface area (TPSA) is 126 Å². The van der Waals surface area contributed by atoms with E-state index in [0.717, 1.165) is 18.4 Å². The van der Waals surface area contributed by atoms with Gasteiger partial charge in [0.2, 0.25) is 5.91 Å². The van der Waals surface area contributed by atoms with Gasteiger partial charge in [0.1, 0.15) is 17.3 Å². The first-order valence-corrected chi connectivity index (χ1v) is 11.2. The fraction of sp³-hybridized carbons (Fsp3) is 0.222. The van der Waals surface area contributed by atoms with E-state index in [9.17, 15) is 14.7 Å². The molecule has 0 aliphatic rings. The summed E-state index contributed by atoms with van der Waals surface area (Å²) >= 11 is 0. The molecule has 3 aromatic carbocycles. The second-order valence-electron chi connectivity index (χ2n) is 8.02. The molecule has 1 amide bonds. The van der Waals surface area contributed by atoms with Gasteiger partial charge >= 0.3 is 5.97 Å². The lowest BCUT2D eigenvalue weighted by molar-refractivity contribution is -0.137. The van der Waals surface area contributed by atoms with E-state index in [2.05, 4.69) is 5.32 Å². The summed E-state index contributed by atoms with van der Waals surface area (Å²) in [7, 11) is 0. The Labute approximate surface area is 199 Å². The van der Waals surface area contributed by atoms with Gasteiger partial charge in [0.25, 0.3) is 0 Å². The molecule has 0 saturated carbocycles. The molecule has 0 spiro atoms. The number of aryl methyl sites for hydroxylation is 1. The van der Waals surface area contributed by atoms with E-state index in [1.807, 2.05) is 54.6 Å². The summed E-state index contributed by atoms with van der Waals surface area (Å²) in [5, 5.41) is 19.6. The summed E-state index contributed by atoms with van der Waals surface area (Å²) in [5.74, 6) is 0.219. The predicted molar refractivity (Wildman–Crippen MR) is 131 cm³/mol. The fourth-order valence-electron chi connectivity index (χ4n) is 3.55. The fourth-order valence-corrected chi connectivity index (χ4v) is 3.55. The smallest absolute Gasteiger partial charge is 0.305 e. The SMILES string of the molecule is N=C(N)c1ccc(CCCCC(=O)NC(CC(=O)O)c2ccc(Oc3ccccc3)cc2)cc1. The van der Waals surface area contributed by atoms with Crippen LogP contribution in [0.4, 0.5) is 0 Å². The number of carboxylic acid groups (broad SMARTS) is 1. The van der Waals surface area contributed by atoms with Crippen molar-refractivity contribution in [3.8, 4) is 11.5 Å². The number of unbranched alkanes of at least 4 members (excludes halogenated alkanes) is 1. The van der Waals surface area contributed by atoms with Crippen molar-refractivity contribution in [2.24, 2.45) is 5.73 Å². The van der Waals surface area contributed by atoms with E-state index in [1.54, 1.807) is 24.3 Å². The third-order valence-corrected chi connectivity index (χ3v) is 5.36. The van der Waals surface area contributed by atoms with Gasteiger partial charge in [0, 0.05) is 12.0 Å². The number of aliphatic carboxylic acids is 1. The minimum atomic E-state index is -0.982. The molecule has 0 heterocycles. The summed E-state index contributed by atoms with van der Waals surface area (Å²) in [4.78, 5) is 23.8. The number of rotatable bonds is 12. The highest BCUT2D eigenvalue weighted by Gasteiger charge is 2.18. The predicted octanol–water partition coefficient (Wildman–Crippen LogP) is 4.81. The Hall–Kier alpha value is -4.13. The van der Waals surface area contributed by atoms with Crippen molar-refractivity contribution in [1.82, 2.24) is 5.32 Å². The molecule has 0 saturated heterocycles. The van der Waals surface area contributed by atoms with E-state index in [-0.39, 0.29) is 18.2 Å². The molecular formula is C27H29N3O4. The highest BCUT2D eigenvalue weighted by atomic mass is 16.5. The van der Waals surface area contributed by atoms with Crippen LogP contribution in [0.1, 0.15) is 48.4 Å². The van der Waals surface area contributed by atoms with Gasteiger partial charge in [-0.15, -0.1) is 0 Å². The number of ether oxygens (including phenoxy) is 1. The first kappa shape index (κ1) is 24.5. The van der Waals surface area contributed by atoms with Crippen molar-refractivity contribution < 1.29 is 19.4 Å². The average Bonchev–Trinajstić information content (AvgIpc) is 2.82. The number of amidine groups is 1. The maximum absolute atomic E-state index is 12.5. The summed E-state index contributed by atoms with van der Waals surface area (Å²) in [6.45, 7) is 0. The van der Waals surface area contributed by atoms with Gasteiger partial charge in [-0.25, -0.2) is 0 Å². The Balaban J connectivity index is 1.50. The van der Waals surface area contributed by atoms with Crippen LogP contribution in [0.15, 0.2) is 78.9 Å². The van der Waals surface area contributed by atoms with Crippen molar-refractivity contribution in [3.63, 3.8) is 0 Å². The van der Waals surface area contributed by atoms with Gasteiger partial charge in [-0.3, -0.25) is 15.0 Å². The van der Waals surface area contributed by atoms with Gasteiger partial charge in [0.15, 0.2) is 0 Å². The van der Waals surface area contributed by atoms with Gasteiger partial charge in [0.05, 0.1) is 12.5 Å². The zero-order valence-electron chi connectivity index (χ0n) is 18.9. The van der Waals surface area contributed by atoms with Crippen LogP contribution in [0.5, 0.6) is 11.5 Å². The Morgan fingerprint density at radius 1 is 0.912 bits per heavy atom. The molecule has 176 valence electrons. The Morgan fingerprint density at radius 3 is 2.18 bits per heavy atom. The van der Waals surface area contributed by atoms with Crippen molar-refractivity contribution >= 4 is 17.7 Å². The lowest BCUT2D eigenvalue weighted by Gasteiger charge is -2.18. The highest BCUT2D eigenvalue weighted by molar-refractivity contribution is 5.94. The van der Waals surface area contributed by atoms with Crippen LogP contribution in [0.2, 0.25) is 0 Å². The third-order valence-electron chi connectivity index (χ3n) is 5.36. The van der Waals surface area contributed by atoms with Crippen LogP contribution < -0.4 is 15.8 Å². The normalized spacial score (nSPS) is 11.4. The lowest BCUT2D eigenvalue weighted by Crippen LogP contribution is -2.30. The molecule has 1 unspecified atom stereocenters. The molecule has 0 fully saturated rings. The molecule has 1 atom stereocenters. The van der Waals surface area contributed by atoms with E-state index >= 15 is 0 Å². The van der Waals surface area contributed by atoms with E-state index < -0.39 is 12.0 Å². The first-order valence-electron chi connectivity index (χ1n) is 11.2. The van der Waals surface area contributed by atoms with E-state index in [4.69, 9.17) is 15.9 Å². The van der Waals surface area contributed by atoms with Crippen molar-refractivity contribution in [2.75, 3.05) is 0 Å². The summed E-state index contributed by atoms with van der Waals surface area (Å²) < 4.78 is 5.78. The van der Waals surface area contributed by atoms with Crippen molar-refractivity contribution in [1.29, 1.82) is 5.41 Å². The number of hydrogen-bond donors (Lipinski definition) is 4. The molecule has 0 radical (unpaired) electrons. The zero-order valence-corrected chi connectivity index (χ0v) is 18.9. The van der Waals surface area contributed by atoms with E-state index in [0.29, 0.717) is 35.5 Å². The van der Waals surface area contributed by atoms with Gasteiger partial charge in [-0.05, 0) is 54.7 Å². The lowest BCUT2D eigenvalue weighted by atomic mass is 10.0. The minimum absolute atomic E-state index is 0.0393. The number of carboxylic acids is 1. The van der Waals surface area contributed by atoms with Gasteiger partial charge in [-0.2, -0.15) is 0 Å². The van der Waals surface area contributed by atoms with Crippen LogP contribution >= 0.6 is 0 Å². The standard InChI is InChI=1S/C27H29N3O4/c28-27(29)21-12-10-19(11-13-21)6-4-5-9-25(31)30-24(18-26(32)33)20-14-16-23(17-15-20)34-22-7-2-1-3-8-22/h1-3,7-8,10-17,24H,4-6,9,18H2,(H3,28,29)(H,30,31)(H,32,33). The number of amides is 1. The molecule has 3 rings (SSSR count). The van der Waals surface area contributed by atoms with Crippen LogP contribution in [0.3, 0.4) is 0 Å². The third kappa shape index (κ3) is 7.78. The quantitative estimate of drug-likeness (QED) is 0.176. The maximum atomic E-state index is 12.5. The number of nitrogens with one attached hydrogen (secondary N) is 2. The number of carbonyl (C=O) groups excluding carboxylic acids is 1. The Bertz CT molecular complexity index is 1100. The monoisotopic (exact) mass is 459 g/mol. The number of nitrogen functional groups attached to an aromatic ring is 1. The van der Waals surface area contributed by atoms with Gasteiger partial charge in [-0.1, -0.05) is 54.6 Å². The molecule has 0 bridgehead atoms.